The van der Waals surface area contributed by atoms with Crippen LogP contribution >= 0.6 is 0 Å². The number of anilines is 1. The lowest BCUT2D eigenvalue weighted by atomic mass is 9.89. The topological polar surface area (TPSA) is 62.5 Å². The molecule has 0 bridgehead atoms. The van der Waals surface area contributed by atoms with Gasteiger partial charge in [0.25, 0.3) is 0 Å². The molecule has 2 aliphatic carbocycles. The zero-order valence-corrected chi connectivity index (χ0v) is 10.1. The number of nitrogens with zero attached hydrogens (tertiary/aromatic N) is 3. The van der Waals surface area contributed by atoms with Gasteiger partial charge in [0.05, 0.1) is 17.8 Å². The Bertz CT molecular complexity index is 590. The molecule has 2 unspecified atom stereocenters. The molecule has 5 heteroatoms. The second-order valence-corrected chi connectivity index (χ2v) is 5.34. The lowest BCUT2D eigenvalue weighted by Crippen LogP contribution is -2.43. The Morgan fingerprint density at radius 2 is 2.17 bits per heavy atom. The predicted octanol–water partition coefficient (Wildman–Crippen LogP) is 1.54. The fraction of sp³-hybridized carbons (Fsp3) is 0.538. The molecule has 2 N–H and O–H groups in total. The van der Waals surface area contributed by atoms with Crippen LogP contribution < -0.4 is 5.32 Å². The molecule has 0 spiro atoms. The normalized spacial score (nSPS) is 27.2. The number of nitrogens with one attached hydrogen (secondary N) is 1. The van der Waals surface area contributed by atoms with E-state index in [9.17, 15) is 5.11 Å². The molecule has 5 nitrogen and oxygen atoms in total. The van der Waals surface area contributed by atoms with E-state index in [-0.39, 0.29) is 12.1 Å². The molecule has 2 aliphatic rings. The Morgan fingerprint density at radius 1 is 1.28 bits per heavy atom. The van der Waals surface area contributed by atoms with Gasteiger partial charge in [0, 0.05) is 18.3 Å². The summed E-state index contributed by atoms with van der Waals surface area (Å²) in [5.74, 6) is 1.48. The molecule has 2 aromatic rings. The molecule has 4 rings (SSSR count). The van der Waals surface area contributed by atoms with Gasteiger partial charge in [-0.15, -0.1) is 0 Å². The van der Waals surface area contributed by atoms with Crippen molar-refractivity contribution in [2.75, 3.05) is 5.32 Å². The van der Waals surface area contributed by atoms with Crippen molar-refractivity contribution in [1.82, 2.24) is 14.6 Å². The summed E-state index contributed by atoms with van der Waals surface area (Å²) in [6.45, 7) is 0. The minimum atomic E-state index is -0.238. The van der Waals surface area contributed by atoms with E-state index in [2.05, 4.69) is 21.5 Å². The van der Waals surface area contributed by atoms with Crippen molar-refractivity contribution >= 4 is 11.3 Å². The summed E-state index contributed by atoms with van der Waals surface area (Å²) in [5.41, 5.74) is 2.18. The SMILES string of the molecule is OC1CCC1Nc1nccn2nc(C3CC3)cc12. The van der Waals surface area contributed by atoms with Gasteiger partial charge in [0.2, 0.25) is 0 Å². The first-order valence-corrected chi connectivity index (χ1v) is 6.60. The van der Waals surface area contributed by atoms with Gasteiger partial charge in [0.15, 0.2) is 5.82 Å². The fourth-order valence-electron chi connectivity index (χ4n) is 2.46. The molecule has 0 radical (unpaired) electrons. The van der Waals surface area contributed by atoms with Gasteiger partial charge in [-0.25, -0.2) is 9.50 Å². The molecule has 2 heterocycles. The van der Waals surface area contributed by atoms with Crippen LogP contribution in [0.1, 0.15) is 37.3 Å². The van der Waals surface area contributed by atoms with Crippen LogP contribution in [-0.4, -0.2) is 31.9 Å². The van der Waals surface area contributed by atoms with E-state index >= 15 is 0 Å². The first kappa shape index (κ1) is 10.3. The molecule has 0 saturated heterocycles. The highest BCUT2D eigenvalue weighted by Crippen LogP contribution is 2.40. The highest BCUT2D eigenvalue weighted by molar-refractivity contribution is 5.68. The zero-order chi connectivity index (χ0) is 12.1. The minimum Gasteiger partial charge on any atom is -0.391 e. The van der Waals surface area contributed by atoms with Crippen molar-refractivity contribution in [1.29, 1.82) is 0 Å². The molecule has 18 heavy (non-hydrogen) atoms. The Hall–Kier alpha value is -1.62. The number of fused-ring (bicyclic) bond motifs is 1. The lowest BCUT2D eigenvalue weighted by Gasteiger charge is -2.33. The van der Waals surface area contributed by atoms with E-state index in [4.69, 9.17) is 0 Å². The van der Waals surface area contributed by atoms with Crippen LogP contribution in [0.4, 0.5) is 5.82 Å². The number of hydrogen-bond acceptors (Lipinski definition) is 4. The second kappa shape index (κ2) is 3.68. The van der Waals surface area contributed by atoms with Crippen LogP contribution in [0.5, 0.6) is 0 Å². The monoisotopic (exact) mass is 244 g/mol. The van der Waals surface area contributed by atoms with Gasteiger partial charge < -0.3 is 10.4 Å². The smallest absolute Gasteiger partial charge is 0.152 e. The number of hydrogen-bond donors (Lipinski definition) is 2. The Kier molecular flexibility index (Phi) is 2.11. The van der Waals surface area contributed by atoms with Gasteiger partial charge >= 0.3 is 0 Å². The molecule has 0 aliphatic heterocycles. The first-order valence-electron chi connectivity index (χ1n) is 6.60. The highest BCUT2D eigenvalue weighted by atomic mass is 16.3. The van der Waals surface area contributed by atoms with Crippen LogP contribution in [-0.2, 0) is 0 Å². The maximum Gasteiger partial charge on any atom is 0.152 e. The summed E-state index contributed by atoms with van der Waals surface area (Å²) >= 11 is 0. The molecule has 94 valence electrons. The number of aliphatic hydroxyl groups excluding tert-OH is 1. The third-order valence-electron chi connectivity index (χ3n) is 3.96. The molecular formula is C13H16N4O. The van der Waals surface area contributed by atoms with Crippen LogP contribution in [0.15, 0.2) is 18.5 Å². The summed E-state index contributed by atoms with van der Waals surface area (Å²) in [5, 5.41) is 17.5. The number of rotatable bonds is 3. The minimum absolute atomic E-state index is 0.142. The van der Waals surface area contributed by atoms with Crippen molar-refractivity contribution in [3.63, 3.8) is 0 Å². The third-order valence-corrected chi connectivity index (χ3v) is 3.96. The largest absolute Gasteiger partial charge is 0.391 e. The van der Waals surface area contributed by atoms with Gasteiger partial charge in [0.1, 0.15) is 5.52 Å². The van der Waals surface area contributed by atoms with Gasteiger partial charge in [-0.2, -0.15) is 5.10 Å². The standard InChI is InChI=1S/C13H16N4O/c18-12-4-3-9(12)15-13-11-7-10(8-1-2-8)16-17(11)6-5-14-13/h5-9,12,18H,1-4H2,(H,14,15). The summed E-state index contributed by atoms with van der Waals surface area (Å²) in [6.07, 6.45) is 7.79. The highest BCUT2D eigenvalue weighted by Gasteiger charge is 2.30. The second-order valence-electron chi connectivity index (χ2n) is 5.34. The van der Waals surface area contributed by atoms with Crippen LogP contribution in [0.25, 0.3) is 5.52 Å². The van der Waals surface area contributed by atoms with Gasteiger partial charge in [-0.3, -0.25) is 0 Å². The van der Waals surface area contributed by atoms with Crippen LogP contribution in [0, 0.1) is 0 Å². The van der Waals surface area contributed by atoms with E-state index in [0.29, 0.717) is 5.92 Å². The summed E-state index contributed by atoms with van der Waals surface area (Å²) in [7, 11) is 0. The maximum absolute atomic E-state index is 9.63. The molecule has 0 aromatic carbocycles. The quantitative estimate of drug-likeness (QED) is 0.859. The van der Waals surface area contributed by atoms with Crippen LogP contribution in [0.2, 0.25) is 0 Å². The molecular weight excluding hydrogens is 228 g/mol. The predicted molar refractivity (Wildman–Crippen MR) is 67.6 cm³/mol. The van der Waals surface area contributed by atoms with Crippen molar-refractivity contribution in [2.45, 2.75) is 43.7 Å². The van der Waals surface area contributed by atoms with Gasteiger partial charge in [-0.1, -0.05) is 0 Å². The Morgan fingerprint density at radius 3 is 2.83 bits per heavy atom. The molecule has 2 saturated carbocycles. The average molecular weight is 244 g/mol. The lowest BCUT2D eigenvalue weighted by molar-refractivity contribution is 0.0785. The molecule has 2 aromatic heterocycles. The van der Waals surface area contributed by atoms with Crippen molar-refractivity contribution in [2.24, 2.45) is 0 Å². The Labute approximate surface area is 105 Å². The maximum atomic E-state index is 9.63. The molecule has 0 amide bonds. The van der Waals surface area contributed by atoms with Crippen molar-refractivity contribution < 1.29 is 5.11 Å². The molecule has 2 fully saturated rings. The number of aromatic nitrogens is 3. The Balaban J connectivity index is 1.70. The fourth-order valence-corrected chi connectivity index (χ4v) is 2.46. The number of aliphatic hydroxyl groups is 1. The van der Waals surface area contributed by atoms with Crippen molar-refractivity contribution in [3.8, 4) is 0 Å². The third kappa shape index (κ3) is 1.58. The zero-order valence-electron chi connectivity index (χ0n) is 10.1. The summed E-state index contributed by atoms with van der Waals surface area (Å²) in [6, 6.07) is 2.26. The van der Waals surface area contributed by atoms with Crippen molar-refractivity contribution in [3.05, 3.63) is 24.2 Å². The van der Waals surface area contributed by atoms with E-state index in [0.717, 1.165) is 24.2 Å². The first-order chi connectivity index (χ1) is 8.81. The van der Waals surface area contributed by atoms with E-state index in [1.807, 2.05) is 10.7 Å². The van der Waals surface area contributed by atoms with Crippen LogP contribution in [0.3, 0.4) is 0 Å². The van der Waals surface area contributed by atoms with Gasteiger partial charge in [-0.05, 0) is 31.7 Å². The summed E-state index contributed by atoms with van der Waals surface area (Å²) in [4.78, 5) is 4.37. The molecule has 2 atom stereocenters. The van der Waals surface area contributed by atoms with E-state index in [1.54, 1.807) is 6.20 Å². The van der Waals surface area contributed by atoms with E-state index in [1.165, 1.54) is 18.5 Å². The average Bonchev–Trinajstić information content (AvgIpc) is 3.13. The van der Waals surface area contributed by atoms with E-state index < -0.39 is 0 Å². The summed E-state index contributed by atoms with van der Waals surface area (Å²) < 4.78 is 1.88.